The average molecular weight is 325 g/mol. The number of imidazole rings is 1. The van der Waals surface area contributed by atoms with Gasteiger partial charge in [-0.15, -0.1) is 0 Å². The SMILES string of the molecule is CCc1ccc(Cl)cc1C(=O)C1=CC=C(n2ccnc2)CC=C1. The summed E-state index contributed by atoms with van der Waals surface area (Å²) in [5.41, 5.74) is 3.42. The molecule has 116 valence electrons. The first kappa shape index (κ1) is 15.5. The average Bonchev–Trinajstić information content (AvgIpc) is 2.99. The Morgan fingerprint density at radius 3 is 2.96 bits per heavy atom. The quantitative estimate of drug-likeness (QED) is 0.763. The first-order valence-electron chi connectivity index (χ1n) is 7.58. The second kappa shape index (κ2) is 6.80. The van der Waals surface area contributed by atoms with Crippen LogP contribution in [0.2, 0.25) is 5.02 Å². The number of hydrogen-bond acceptors (Lipinski definition) is 2. The van der Waals surface area contributed by atoms with E-state index in [2.05, 4.69) is 4.98 Å². The molecule has 3 rings (SSSR count). The van der Waals surface area contributed by atoms with E-state index in [4.69, 9.17) is 11.6 Å². The molecule has 2 aromatic rings. The van der Waals surface area contributed by atoms with Gasteiger partial charge in [0, 0.05) is 40.7 Å². The monoisotopic (exact) mass is 324 g/mol. The van der Waals surface area contributed by atoms with Gasteiger partial charge in [-0.25, -0.2) is 4.98 Å². The van der Waals surface area contributed by atoms with Gasteiger partial charge in [0.2, 0.25) is 0 Å². The second-order valence-electron chi connectivity index (χ2n) is 5.34. The van der Waals surface area contributed by atoms with Gasteiger partial charge in [0.1, 0.15) is 0 Å². The van der Waals surface area contributed by atoms with Gasteiger partial charge in [-0.1, -0.05) is 36.7 Å². The topological polar surface area (TPSA) is 34.9 Å². The number of rotatable bonds is 4. The van der Waals surface area contributed by atoms with E-state index < -0.39 is 0 Å². The van der Waals surface area contributed by atoms with E-state index in [9.17, 15) is 4.79 Å². The van der Waals surface area contributed by atoms with Crippen molar-refractivity contribution in [3.63, 3.8) is 0 Å². The van der Waals surface area contributed by atoms with E-state index in [1.807, 2.05) is 54.1 Å². The Morgan fingerprint density at radius 1 is 1.35 bits per heavy atom. The fourth-order valence-electron chi connectivity index (χ4n) is 2.61. The van der Waals surface area contributed by atoms with Gasteiger partial charge in [0.15, 0.2) is 5.78 Å². The molecule has 0 radical (unpaired) electrons. The third-order valence-electron chi connectivity index (χ3n) is 3.88. The van der Waals surface area contributed by atoms with Crippen LogP contribution in [0.1, 0.15) is 29.3 Å². The summed E-state index contributed by atoms with van der Waals surface area (Å²) >= 11 is 6.07. The van der Waals surface area contributed by atoms with Crippen LogP contribution in [-0.4, -0.2) is 15.3 Å². The molecule has 0 amide bonds. The van der Waals surface area contributed by atoms with Crippen molar-refractivity contribution >= 4 is 23.1 Å². The summed E-state index contributed by atoms with van der Waals surface area (Å²) in [6.45, 7) is 2.04. The van der Waals surface area contributed by atoms with Crippen LogP contribution < -0.4 is 0 Å². The normalized spacial score (nSPS) is 14.2. The first-order chi connectivity index (χ1) is 11.2. The van der Waals surface area contributed by atoms with Crippen LogP contribution in [0.25, 0.3) is 5.70 Å². The zero-order chi connectivity index (χ0) is 16.2. The lowest BCUT2D eigenvalue weighted by molar-refractivity contribution is 0.103. The molecule has 1 heterocycles. The van der Waals surface area contributed by atoms with E-state index in [-0.39, 0.29) is 5.78 Å². The molecule has 0 saturated heterocycles. The van der Waals surface area contributed by atoms with Crippen molar-refractivity contribution in [2.75, 3.05) is 0 Å². The molecular formula is C19H17ClN2O. The number of halogens is 1. The molecular weight excluding hydrogens is 308 g/mol. The number of aryl methyl sites for hydroxylation is 1. The van der Waals surface area contributed by atoms with E-state index in [1.165, 1.54) is 0 Å². The largest absolute Gasteiger partial charge is 0.310 e. The predicted molar refractivity (Wildman–Crippen MR) is 93.5 cm³/mol. The molecule has 0 atom stereocenters. The van der Waals surface area contributed by atoms with Crippen molar-refractivity contribution in [3.05, 3.63) is 82.9 Å². The molecule has 1 aromatic carbocycles. The fraction of sp³-hybridized carbons (Fsp3) is 0.158. The summed E-state index contributed by atoms with van der Waals surface area (Å²) < 4.78 is 1.95. The highest BCUT2D eigenvalue weighted by Gasteiger charge is 2.15. The Kier molecular flexibility index (Phi) is 4.58. The minimum atomic E-state index is 0.00345. The maximum Gasteiger partial charge on any atom is 0.193 e. The van der Waals surface area contributed by atoms with Crippen LogP contribution in [0.5, 0.6) is 0 Å². The molecule has 0 saturated carbocycles. The maximum absolute atomic E-state index is 12.9. The highest BCUT2D eigenvalue weighted by molar-refractivity contribution is 6.31. The van der Waals surface area contributed by atoms with Gasteiger partial charge in [-0.05, 0) is 36.3 Å². The molecule has 0 fully saturated rings. The number of carbonyl (C=O) groups excluding carboxylic acids is 1. The number of carbonyl (C=O) groups is 1. The number of nitrogens with zero attached hydrogens (tertiary/aromatic N) is 2. The van der Waals surface area contributed by atoms with Crippen molar-refractivity contribution in [2.24, 2.45) is 0 Å². The third kappa shape index (κ3) is 3.35. The van der Waals surface area contributed by atoms with E-state index in [0.29, 0.717) is 16.2 Å². The number of aromatic nitrogens is 2. The van der Waals surface area contributed by atoms with Crippen LogP contribution in [0.3, 0.4) is 0 Å². The van der Waals surface area contributed by atoms with Crippen LogP contribution >= 0.6 is 11.6 Å². The molecule has 0 N–H and O–H groups in total. The highest BCUT2D eigenvalue weighted by Crippen LogP contribution is 2.23. The molecule has 0 unspecified atom stereocenters. The first-order valence-corrected chi connectivity index (χ1v) is 7.95. The Hall–Kier alpha value is -2.39. The lowest BCUT2D eigenvalue weighted by Crippen LogP contribution is -2.05. The number of Topliss-reactive ketones (excluding diaryl/α,β-unsaturated/α-hetero) is 1. The Morgan fingerprint density at radius 2 is 2.22 bits per heavy atom. The van der Waals surface area contributed by atoms with E-state index in [1.54, 1.807) is 18.6 Å². The number of allylic oxidation sites excluding steroid dienone is 6. The number of ketones is 1. The summed E-state index contributed by atoms with van der Waals surface area (Å²) in [6.07, 6.45) is 14.6. The summed E-state index contributed by atoms with van der Waals surface area (Å²) in [6, 6.07) is 5.50. The summed E-state index contributed by atoms with van der Waals surface area (Å²) in [7, 11) is 0. The fourth-order valence-corrected chi connectivity index (χ4v) is 2.78. The zero-order valence-corrected chi connectivity index (χ0v) is 13.6. The van der Waals surface area contributed by atoms with Crippen molar-refractivity contribution in [1.29, 1.82) is 0 Å². The summed E-state index contributed by atoms with van der Waals surface area (Å²) in [4.78, 5) is 16.9. The van der Waals surface area contributed by atoms with Crippen LogP contribution in [0.4, 0.5) is 0 Å². The molecule has 0 aliphatic heterocycles. The molecule has 0 spiro atoms. The van der Waals surface area contributed by atoms with Crippen LogP contribution in [0, 0.1) is 0 Å². The van der Waals surface area contributed by atoms with E-state index >= 15 is 0 Å². The molecule has 0 bridgehead atoms. The third-order valence-corrected chi connectivity index (χ3v) is 4.11. The Labute approximate surface area is 140 Å². The minimum Gasteiger partial charge on any atom is -0.310 e. The lowest BCUT2D eigenvalue weighted by atomic mass is 9.96. The Balaban J connectivity index is 1.95. The van der Waals surface area contributed by atoms with Crippen molar-refractivity contribution < 1.29 is 4.79 Å². The Bertz CT molecular complexity index is 814. The van der Waals surface area contributed by atoms with Gasteiger partial charge in [0.05, 0.1) is 6.33 Å². The predicted octanol–water partition coefficient (Wildman–Crippen LogP) is 4.71. The second-order valence-corrected chi connectivity index (χ2v) is 5.78. The van der Waals surface area contributed by atoms with Crippen molar-refractivity contribution in [1.82, 2.24) is 9.55 Å². The van der Waals surface area contributed by atoms with E-state index in [0.717, 1.165) is 24.1 Å². The smallest absolute Gasteiger partial charge is 0.193 e. The van der Waals surface area contributed by atoms with Gasteiger partial charge < -0.3 is 4.57 Å². The highest BCUT2D eigenvalue weighted by atomic mass is 35.5. The van der Waals surface area contributed by atoms with Crippen molar-refractivity contribution in [3.8, 4) is 0 Å². The maximum atomic E-state index is 12.9. The van der Waals surface area contributed by atoms with Gasteiger partial charge in [0.25, 0.3) is 0 Å². The minimum absolute atomic E-state index is 0.00345. The molecule has 4 heteroatoms. The molecule has 1 aromatic heterocycles. The number of hydrogen-bond donors (Lipinski definition) is 0. The molecule has 3 nitrogen and oxygen atoms in total. The summed E-state index contributed by atoms with van der Waals surface area (Å²) in [5, 5.41) is 0.582. The van der Waals surface area contributed by atoms with Gasteiger partial charge >= 0.3 is 0 Å². The standard InChI is InChI=1S/C19H17ClN2O/c1-2-14-6-8-16(20)12-18(14)19(23)15-4-3-5-17(9-7-15)22-11-10-21-13-22/h3-4,6-13H,2,5H2,1H3. The lowest BCUT2D eigenvalue weighted by Gasteiger charge is -2.08. The van der Waals surface area contributed by atoms with Crippen LogP contribution in [-0.2, 0) is 6.42 Å². The van der Waals surface area contributed by atoms with Gasteiger partial charge in [-0.2, -0.15) is 0 Å². The molecule has 1 aliphatic rings. The van der Waals surface area contributed by atoms with Crippen molar-refractivity contribution in [2.45, 2.75) is 19.8 Å². The number of benzene rings is 1. The summed E-state index contributed by atoms with van der Waals surface area (Å²) in [5.74, 6) is 0.00345. The zero-order valence-electron chi connectivity index (χ0n) is 12.9. The van der Waals surface area contributed by atoms with Gasteiger partial charge in [-0.3, -0.25) is 4.79 Å². The molecule has 23 heavy (non-hydrogen) atoms. The molecule has 1 aliphatic carbocycles. The van der Waals surface area contributed by atoms with Crippen LogP contribution in [0.15, 0.2) is 66.8 Å².